The quantitative estimate of drug-likeness (QED) is 0.816. The highest BCUT2D eigenvalue weighted by Gasteiger charge is 1.99. The summed E-state index contributed by atoms with van der Waals surface area (Å²) < 4.78 is 4.71. The van der Waals surface area contributed by atoms with E-state index in [4.69, 9.17) is 10.00 Å². The zero-order chi connectivity index (χ0) is 11.1. The van der Waals surface area contributed by atoms with Gasteiger partial charge in [-0.25, -0.2) is 4.79 Å². The van der Waals surface area contributed by atoms with Crippen LogP contribution in [-0.4, -0.2) is 12.7 Å². The molecular formula is C11H12N2O2. The van der Waals surface area contributed by atoms with Crippen molar-refractivity contribution in [3.63, 3.8) is 0 Å². The van der Waals surface area contributed by atoms with Crippen LogP contribution in [0.4, 0.5) is 4.79 Å². The SMILES string of the molecule is CCOC(=O)NCc1ccc(C#N)cc1. The van der Waals surface area contributed by atoms with Gasteiger partial charge in [0.1, 0.15) is 0 Å². The number of nitriles is 1. The van der Waals surface area contributed by atoms with Gasteiger partial charge in [-0.2, -0.15) is 5.26 Å². The molecule has 0 fully saturated rings. The Balaban J connectivity index is 2.45. The summed E-state index contributed by atoms with van der Waals surface area (Å²) in [5, 5.41) is 11.2. The standard InChI is InChI=1S/C11H12N2O2/c1-2-15-11(14)13-8-10-5-3-9(7-12)4-6-10/h3-6H,2,8H2,1H3,(H,13,14). The molecule has 0 aliphatic rings. The van der Waals surface area contributed by atoms with Crippen molar-refractivity contribution in [2.45, 2.75) is 13.5 Å². The van der Waals surface area contributed by atoms with E-state index in [1.54, 1.807) is 31.2 Å². The van der Waals surface area contributed by atoms with E-state index in [1.165, 1.54) is 0 Å². The van der Waals surface area contributed by atoms with E-state index in [2.05, 4.69) is 5.32 Å². The molecule has 4 heteroatoms. The van der Waals surface area contributed by atoms with Crippen molar-refractivity contribution in [2.24, 2.45) is 0 Å². The number of carbonyl (C=O) groups excluding carboxylic acids is 1. The third-order valence-corrected chi connectivity index (χ3v) is 1.80. The third kappa shape index (κ3) is 3.69. The van der Waals surface area contributed by atoms with E-state index >= 15 is 0 Å². The molecule has 0 atom stereocenters. The monoisotopic (exact) mass is 204 g/mol. The van der Waals surface area contributed by atoms with Crippen molar-refractivity contribution in [1.82, 2.24) is 5.32 Å². The first-order chi connectivity index (χ1) is 7.26. The van der Waals surface area contributed by atoms with Gasteiger partial charge >= 0.3 is 6.09 Å². The summed E-state index contributed by atoms with van der Waals surface area (Å²) in [6.45, 7) is 2.52. The Morgan fingerprint density at radius 2 is 2.13 bits per heavy atom. The molecule has 1 amide bonds. The van der Waals surface area contributed by atoms with Crippen LogP contribution in [0.5, 0.6) is 0 Å². The number of amides is 1. The van der Waals surface area contributed by atoms with E-state index in [-0.39, 0.29) is 0 Å². The molecule has 0 unspecified atom stereocenters. The molecule has 1 aromatic rings. The van der Waals surface area contributed by atoms with E-state index in [0.717, 1.165) is 5.56 Å². The second-order valence-electron chi connectivity index (χ2n) is 2.88. The van der Waals surface area contributed by atoms with Gasteiger partial charge in [-0.3, -0.25) is 0 Å². The lowest BCUT2D eigenvalue weighted by molar-refractivity contribution is 0.151. The highest BCUT2D eigenvalue weighted by atomic mass is 16.5. The number of benzene rings is 1. The Bertz CT molecular complexity index is 365. The van der Waals surface area contributed by atoms with Crippen LogP contribution in [0.3, 0.4) is 0 Å². The van der Waals surface area contributed by atoms with E-state index in [1.807, 2.05) is 6.07 Å². The molecule has 0 saturated heterocycles. The molecule has 0 aromatic heterocycles. The Kier molecular flexibility index (Phi) is 4.17. The van der Waals surface area contributed by atoms with Crippen LogP contribution in [0.1, 0.15) is 18.1 Å². The molecule has 0 aliphatic carbocycles. The lowest BCUT2D eigenvalue weighted by Gasteiger charge is -2.04. The lowest BCUT2D eigenvalue weighted by atomic mass is 10.1. The number of nitrogens with one attached hydrogen (secondary N) is 1. The molecule has 1 aromatic carbocycles. The lowest BCUT2D eigenvalue weighted by Crippen LogP contribution is -2.23. The molecule has 0 radical (unpaired) electrons. The van der Waals surface area contributed by atoms with Crippen molar-refractivity contribution in [1.29, 1.82) is 5.26 Å². The van der Waals surface area contributed by atoms with Crippen LogP contribution in [0.2, 0.25) is 0 Å². The molecule has 15 heavy (non-hydrogen) atoms. The number of ether oxygens (including phenoxy) is 1. The third-order valence-electron chi connectivity index (χ3n) is 1.80. The second kappa shape index (κ2) is 5.66. The smallest absolute Gasteiger partial charge is 0.407 e. The number of hydrogen-bond donors (Lipinski definition) is 1. The molecule has 4 nitrogen and oxygen atoms in total. The Morgan fingerprint density at radius 3 is 2.67 bits per heavy atom. The molecular weight excluding hydrogens is 192 g/mol. The number of hydrogen-bond acceptors (Lipinski definition) is 3. The maximum absolute atomic E-state index is 11.0. The molecule has 1 rings (SSSR count). The molecule has 78 valence electrons. The summed E-state index contributed by atoms with van der Waals surface area (Å²) in [5.74, 6) is 0. The number of carbonyl (C=O) groups is 1. The maximum atomic E-state index is 11.0. The first kappa shape index (κ1) is 11.1. The highest BCUT2D eigenvalue weighted by molar-refractivity contribution is 5.67. The van der Waals surface area contributed by atoms with Gasteiger partial charge in [0.05, 0.1) is 18.2 Å². The average Bonchev–Trinajstić information content (AvgIpc) is 2.27. The summed E-state index contributed by atoms with van der Waals surface area (Å²) >= 11 is 0. The van der Waals surface area contributed by atoms with Crippen LogP contribution >= 0.6 is 0 Å². The van der Waals surface area contributed by atoms with Gasteiger partial charge in [-0.05, 0) is 24.6 Å². The Labute approximate surface area is 88.5 Å². The predicted octanol–water partition coefficient (Wildman–Crippen LogP) is 1.80. The largest absolute Gasteiger partial charge is 0.450 e. The molecule has 0 bridgehead atoms. The Morgan fingerprint density at radius 1 is 1.47 bits per heavy atom. The number of rotatable bonds is 3. The first-order valence-electron chi connectivity index (χ1n) is 4.66. The Hall–Kier alpha value is -2.02. The summed E-state index contributed by atoms with van der Waals surface area (Å²) in [6, 6.07) is 9.04. The van der Waals surface area contributed by atoms with Crippen LogP contribution in [0.15, 0.2) is 24.3 Å². The normalized spacial score (nSPS) is 9.07. The summed E-state index contributed by atoms with van der Waals surface area (Å²) in [6.07, 6.45) is -0.429. The minimum absolute atomic E-state index is 0.360. The van der Waals surface area contributed by atoms with Gasteiger partial charge in [0.15, 0.2) is 0 Å². The number of nitrogens with zero attached hydrogens (tertiary/aromatic N) is 1. The van der Waals surface area contributed by atoms with Gasteiger partial charge in [0.25, 0.3) is 0 Å². The first-order valence-corrected chi connectivity index (χ1v) is 4.66. The van der Waals surface area contributed by atoms with Gasteiger partial charge in [-0.1, -0.05) is 12.1 Å². The minimum atomic E-state index is -0.429. The zero-order valence-corrected chi connectivity index (χ0v) is 8.49. The van der Waals surface area contributed by atoms with E-state index in [9.17, 15) is 4.79 Å². The van der Waals surface area contributed by atoms with Crippen molar-refractivity contribution < 1.29 is 9.53 Å². The van der Waals surface area contributed by atoms with Crippen molar-refractivity contribution in [3.8, 4) is 6.07 Å². The van der Waals surface area contributed by atoms with Crippen LogP contribution in [-0.2, 0) is 11.3 Å². The van der Waals surface area contributed by atoms with Crippen LogP contribution in [0.25, 0.3) is 0 Å². The van der Waals surface area contributed by atoms with E-state index in [0.29, 0.717) is 18.7 Å². The highest BCUT2D eigenvalue weighted by Crippen LogP contribution is 2.02. The van der Waals surface area contributed by atoms with Crippen LogP contribution < -0.4 is 5.32 Å². The average molecular weight is 204 g/mol. The fourth-order valence-corrected chi connectivity index (χ4v) is 1.05. The maximum Gasteiger partial charge on any atom is 0.407 e. The zero-order valence-electron chi connectivity index (χ0n) is 8.49. The van der Waals surface area contributed by atoms with Crippen molar-refractivity contribution in [3.05, 3.63) is 35.4 Å². The molecule has 0 spiro atoms. The summed E-state index contributed by atoms with van der Waals surface area (Å²) in [4.78, 5) is 11.0. The fraction of sp³-hybridized carbons (Fsp3) is 0.273. The fourth-order valence-electron chi connectivity index (χ4n) is 1.05. The van der Waals surface area contributed by atoms with Gasteiger partial charge in [-0.15, -0.1) is 0 Å². The van der Waals surface area contributed by atoms with Crippen molar-refractivity contribution in [2.75, 3.05) is 6.61 Å². The molecule has 0 aliphatic heterocycles. The molecule has 1 N–H and O–H groups in total. The predicted molar refractivity (Wildman–Crippen MR) is 55.0 cm³/mol. The second-order valence-corrected chi connectivity index (χ2v) is 2.88. The van der Waals surface area contributed by atoms with Gasteiger partial charge in [0.2, 0.25) is 0 Å². The van der Waals surface area contributed by atoms with Gasteiger partial charge in [0, 0.05) is 6.54 Å². The van der Waals surface area contributed by atoms with Crippen molar-refractivity contribution >= 4 is 6.09 Å². The topological polar surface area (TPSA) is 62.1 Å². The van der Waals surface area contributed by atoms with Crippen LogP contribution in [0, 0.1) is 11.3 Å². The summed E-state index contributed by atoms with van der Waals surface area (Å²) in [5.41, 5.74) is 1.54. The molecule has 0 heterocycles. The van der Waals surface area contributed by atoms with E-state index < -0.39 is 6.09 Å². The van der Waals surface area contributed by atoms with Gasteiger partial charge < -0.3 is 10.1 Å². The summed E-state index contributed by atoms with van der Waals surface area (Å²) in [7, 11) is 0. The molecule has 0 saturated carbocycles. The minimum Gasteiger partial charge on any atom is -0.450 e. The number of alkyl carbamates (subject to hydrolysis) is 1.